The number of nitrogens with zero attached hydrogens (tertiary/aromatic N) is 1. The molecule has 0 spiro atoms. The predicted molar refractivity (Wildman–Crippen MR) is 80.7 cm³/mol. The molecule has 1 aromatic rings. The van der Waals surface area contributed by atoms with Crippen LogP contribution >= 0.6 is 15.9 Å². The van der Waals surface area contributed by atoms with Gasteiger partial charge in [-0.3, -0.25) is 0 Å². The zero-order valence-corrected chi connectivity index (χ0v) is 13.2. The number of hydrogen-bond acceptors (Lipinski definition) is 2. The Labute approximate surface area is 119 Å². The van der Waals surface area contributed by atoms with E-state index in [1.165, 1.54) is 0 Å². The van der Waals surface area contributed by atoms with E-state index in [9.17, 15) is 5.11 Å². The first-order chi connectivity index (χ1) is 8.58. The largest absolute Gasteiger partial charge is 0.388 e. The molecule has 1 N–H and O–H groups in total. The average molecular weight is 314 g/mol. The van der Waals surface area contributed by atoms with Gasteiger partial charge in [-0.15, -0.1) is 0 Å². The van der Waals surface area contributed by atoms with Crippen LogP contribution in [0, 0.1) is 0 Å². The first-order valence-corrected chi connectivity index (χ1v) is 7.55. The average Bonchev–Trinajstić information content (AvgIpc) is 2.38. The van der Waals surface area contributed by atoms with E-state index >= 15 is 0 Å². The number of aliphatic hydroxyl groups is 1. The summed E-state index contributed by atoms with van der Waals surface area (Å²) in [5.74, 6) is 0. The van der Waals surface area contributed by atoms with E-state index in [0.717, 1.165) is 36.0 Å². The highest BCUT2D eigenvalue weighted by molar-refractivity contribution is 9.10. The van der Waals surface area contributed by atoms with Crippen molar-refractivity contribution in [1.82, 2.24) is 4.90 Å². The molecule has 1 rings (SSSR count). The molecule has 18 heavy (non-hydrogen) atoms. The summed E-state index contributed by atoms with van der Waals surface area (Å²) < 4.78 is 1.02. The minimum atomic E-state index is -0.374. The second kappa shape index (κ2) is 7.93. The maximum Gasteiger partial charge on any atom is 0.0802 e. The molecule has 0 aromatic heterocycles. The SMILES string of the molecule is CCC(C)N(CC)CCC(O)c1cccc(Br)c1. The molecule has 2 nitrogen and oxygen atoms in total. The van der Waals surface area contributed by atoms with Gasteiger partial charge < -0.3 is 10.0 Å². The van der Waals surface area contributed by atoms with Crippen molar-refractivity contribution in [3.05, 3.63) is 34.3 Å². The van der Waals surface area contributed by atoms with Crippen molar-refractivity contribution in [3.63, 3.8) is 0 Å². The molecule has 0 heterocycles. The van der Waals surface area contributed by atoms with Crippen molar-refractivity contribution in [2.75, 3.05) is 13.1 Å². The predicted octanol–water partition coefficient (Wildman–Crippen LogP) is 3.99. The van der Waals surface area contributed by atoms with Gasteiger partial charge in [0.25, 0.3) is 0 Å². The second-order valence-electron chi connectivity index (χ2n) is 4.75. The van der Waals surface area contributed by atoms with Crippen LogP contribution in [0.1, 0.15) is 45.3 Å². The topological polar surface area (TPSA) is 23.5 Å². The van der Waals surface area contributed by atoms with Crippen molar-refractivity contribution >= 4 is 15.9 Å². The number of hydrogen-bond donors (Lipinski definition) is 1. The second-order valence-corrected chi connectivity index (χ2v) is 5.66. The van der Waals surface area contributed by atoms with Crippen LogP contribution in [0.2, 0.25) is 0 Å². The lowest BCUT2D eigenvalue weighted by Crippen LogP contribution is -2.33. The lowest BCUT2D eigenvalue weighted by Gasteiger charge is -2.27. The normalized spacial score (nSPS) is 14.8. The van der Waals surface area contributed by atoms with Crippen LogP contribution in [-0.4, -0.2) is 29.1 Å². The van der Waals surface area contributed by atoms with Gasteiger partial charge in [-0.1, -0.05) is 41.9 Å². The van der Waals surface area contributed by atoms with E-state index in [0.29, 0.717) is 6.04 Å². The van der Waals surface area contributed by atoms with Crippen LogP contribution in [0.25, 0.3) is 0 Å². The summed E-state index contributed by atoms with van der Waals surface area (Å²) in [6.07, 6.45) is 1.57. The monoisotopic (exact) mass is 313 g/mol. The summed E-state index contributed by atoms with van der Waals surface area (Å²) >= 11 is 3.44. The molecular weight excluding hydrogens is 290 g/mol. The number of benzene rings is 1. The van der Waals surface area contributed by atoms with Gasteiger partial charge in [0.05, 0.1) is 6.10 Å². The Morgan fingerprint density at radius 3 is 2.61 bits per heavy atom. The molecule has 0 aliphatic heterocycles. The number of halogens is 1. The molecule has 0 radical (unpaired) electrons. The lowest BCUT2D eigenvalue weighted by atomic mass is 10.1. The van der Waals surface area contributed by atoms with Crippen molar-refractivity contribution in [1.29, 1.82) is 0 Å². The first kappa shape index (κ1) is 15.7. The molecule has 0 aliphatic carbocycles. The fourth-order valence-electron chi connectivity index (χ4n) is 2.12. The summed E-state index contributed by atoms with van der Waals surface area (Å²) in [6, 6.07) is 8.51. The molecule has 0 amide bonds. The van der Waals surface area contributed by atoms with Crippen LogP contribution in [0.3, 0.4) is 0 Å². The van der Waals surface area contributed by atoms with Gasteiger partial charge in [0.15, 0.2) is 0 Å². The lowest BCUT2D eigenvalue weighted by molar-refractivity contribution is 0.128. The van der Waals surface area contributed by atoms with E-state index in [4.69, 9.17) is 0 Å². The molecule has 0 fully saturated rings. The zero-order valence-electron chi connectivity index (χ0n) is 11.6. The Morgan fingerprint density at radius 1 is 1.33 bits per heavy atom. The number of rotatable bonds is 7. The van der Waals surface area contributed by atoms with Crippen molar-refractivity contribution in [2.24, 2.45) is 0 Å². The van der Waals surface area contributed by atoms with Crippen LogP contribution in [0.5, 0.6) is 0 Å². The summed E-state index contributed by atoms with van der Waals surface area (Å²) in [5, 5.41) is 10.2. The molecule has 0 saturated heterocycles. The fourth-order valence-corrected chi connectivity index (χ4v) is 2.53. The Balaban J connectivity index is 2.52. The summed E-state index contributed by atoms with van der Waals surface area (Å²) in [4.78, 5) is 2.42. The molecule has 2 atom stereocenters. The van der Waals surface area contributed by atoms with Gasteiger partial charge in [0.1, 0.15) is 0 Å². The standard InChI is InChI=1S/C15H24BrNO/c1-4-12(3)17(5-2)10-9-15(18)13-7-6-8-14(16)11-13/h6-8,11-12,15,18H,4-5,9-10H2,1-3H3. The van der Waals surface area contributed by atoms with Gasteiger partial charge in [-0.05, 0) is 44.0 Å². The van der Waals surface area contributed by atoms with Gasteiger partial charge in [0.2, 0.25) is 0 Å². The van der Waals surface area contributed by atoms with E-state index < -0.39 is 0 Å². The van der Waals surface area contributed by atoms with Crippen LogP contribution in [0.4, 0.5) is 0 Å². The minimum Gasteiger partial charge on any atom is -0.388 e. The third-order valence-corrected chi connectivity index (χ3v) is 4.04. The van der Waals surface area contributed by atoms with Gasteiger partial charge in [-0.25, -0.2) is 0 Å². The van der Waals surface area contributed by atoms with Crippen LogP contribution in [-0.2, 0) is 0 Å². The smallest absolute Gasteiger partial charge is 0.0802 e. The quantitative estimate of drug-likeness (QED) is 0.822. The molecule has 0 aliphatic rings. The highest BCUT2D eigenvalue weighted by Gasteiger charge is 2.13. The Bertz CT molecular complexity index is 356. The minimum absolute atomic E-state index is 0.374. The zero-order chi connectivity index (χ0) is 13.5. The van der Waals surface area contributed by atoms with Crippen LogP contribution < -0.4 is 0 Å². The molecule has 102 valence electrons. The molecule has 0 saturated carbocycles. The molecule has 1 aromatic carbocycles. The summed E-state index contributed by atoms with van der Waals surface area (Å²) in [7, 11) is 0. The van der Waals surface area contributed by atoms with Crippen LogP contribution in [0.15, 0.2) is 28.7 Å². The maximum absolute atomic E-state index is 10.2. The van der Waals surface area contributed by atoms with E-state index in [1.54, 1.807) is 0 Å². The van der Waals surface area contributed by atoms with Gasteiger partial charge in [-0.2, -0.15) is 0 Å². The molecule has 2 unspecified atom stereocenters. The Kier molecular flexibility index (Phi) is 6.90. The fraction of sp³-hybridized carbons (Fsp3) is 0.600. The van der Waals surface area contributed by atoms with Gasteiger partial charge >= 0.3 is 0 Å². The van der Waals surface area contributed by atoms with Gasteiger partial charge in [0, 0.05) is 17.1 Å². The molecular formula is C15H24BrNO. The third-order valence-electron chi connectivity index (χ3n) is 3.54. The Morgan fingerprint density at radius 2 is 2.06 bits per heavy atom. The molecule has 0 bridgehead atoms. The first-order valence-electron chi connectivity index (χ1n) is 6.76. The third kappa shape index (κ3) is 4.71. The summed E-state index contributed by atoms with van der Waals surface area (Å²) in [6.45, 7) is 8.62. The van der Waals surface area contributed by atoms with E-state index in [-0.39, 0.29) is 6.10 Å². The van der Waals surface area contributed by atoms with E-state index in [2.05, 4.69) is 41.6 Å². The number of aliphatic hydroxyl groups excluding tert-OH is 1. The van der Waals surface area contributed by atoms with Crippen molar-refractivity contribution in [2.45, 2.75) is 45.8 Å². The summed E-state index contributed by atoms with van der Waals surface area (Å²) in [5.41, 5.74) is 0.990. The van der Waals surface area contributed by atoms with Crippen molar-refractivity contribution in [3.8, 4) is 0 Å². The highest BCUT2D eigenvalue weighted by Crippen LogP contribution is 2.21. The Hall–Kier alpha value is -0.380. The van der Waals surface area contributed by atoms with E-state index in [1.807, 2.05) is 24.3 Å². The van der Waals surface area contributed by atoms with Crippen molar-refractivity contribution < 1.29 is 5.11 Å². The highest BCUT2D eigenvalue weighted by atomic mass is 79.9. The molecule has 3 heteroatoms. The maximum atomic E-state index is 10.2.